The van der Waals surface area contributed by atoms with E-state index in [0.717, 1.165) is 0 Å². The van der Waals surface area contributed by atoms with Crippen LogP contribution in [0.2, 0.25) is 0 Å². The molecule has 6 heavy (non-hydrogen) atoms. The van der Waals surface area contributed by atoms with Crippen molar-refractivity contribution in [2.75, 3.05) is 0 Å². The summed E-state index contributed by atoms with van der Waals surface area (Å²) in [5, 5.41) is 1.75. The zero-order chi connectivity index (χ0) is 4.41. The molecule has 0 aliphatic carbocycles. The molecule has 1 unspecified atom stereocenters. The second-order valence-electron chi connectivity index (χ2n) is 0.898. The summed E-state index contributed by atoms with van der Waals surface area (Å²) in [5.41, 5.74) is 0. The molecule has 0 spiro atoms. The maximum atomic E-state index is 6.88. The molecule has 0 amide bonds. The van der Waals surface area contributed by atoms with E-state index in [1.54, 1.807) is 17.7 Å². The van der Waals surface area contributed by atoms with Gasteiger partial charge in [0.1, 0.15) is 0 Å². The molecule has 1 aliphatic heterocycles. The second kappa shape index (κ2) is 1.34. The number of allylic oxidation sites excluding steroid dienone is 1. The lowest BCUT2D eigenvalue weighted by molar-refractivity contribution is 1.62. The first-order valence-corrected chi connectivity index (χ1v) is 2.79. The zero-order valence-corrected chi connectivity index (χ0v) is 3.90. The van der Waals surface area contributed by atoms with Crippen LogP contribution in [0.25, 0.3) is 0 Å². The van der Waals surface area contributed by atoms with E-state index < -0.39 is 10.9 Å². The van der Waals surface area contributed by atoms with Gasteiger partial charge in [-0.05, 0) is 6.08 Å². The van der Waals surface area contributed by atoms with E-state index in [1.165, 1.54) is 0 Å². The first-order chi connectivity index (χ1) is 2.89. The van der Waals surface area contributed by atoms with Gasteiger partial charge in [-0.3, -0.25) is 4.78 Å². The molecule has 0 saturated heterocycles. The SMILES string of the molecule is N=S1C=CC=N1. The molecular weight excluding hydrogens is 96.1 g/mol. The molecule has 1 aliphatic rings. The van der Waals surface area contributed by atoms with Gasteiger partial charge in [0.25, 0.3) is 0 Å². The van der Waals surface area contributed by atoms with Crippen molar-refractivity contribution in [3.8, 4) is 0 Å². The molecule has 0 aromatic heterocycles. The second-order valence-corrected chi connectivity index (χ2v) is 2.01. The minimum absolute atomic E-state index is 0.534. The van der Waals surface area contributed by atoms with Crippen LogP contribution >= 0.6 is 0 Å². The number of hydrogen-bond donors (Lipinski definition) is 1. The van der Waals surface area contributed by atoms with Crippen molar-refractivity contribution in [3.05, 3.63) is 11.5 Å². The molecule has 3 heteroatoms. The van der Waals surface area contributed by atoms with E-state index >= 15 is 0 Å². The summed E-state index contributed by atoms with van der Waals surface area (Å²) in [5.74, 6) is 0. The highest BCUT2D eigenvalue weighted by Crippen LogP contribution is 1.91. The van der Waals surface area contributed by atoms with Gasteiger partial charge in [-0.2, -0.15) is 0 Å². The Balaban J connectivity index is 2.86. The number of rotatable bonds is 0. The van der Waals surface area contributed by atoms with Gasteiger partial charge in [-0.25, -0.2) is 4.40 Å². The van der Waals surface area contributed by atoms with Crippen LogP contribution in [0.1, 0.15) is 0 Å². The number of nitrogens with zero attached hydrogens (tertiary/aromatic N) is 1. The maximum Gasteiger partial charge on any atom is 0.0371 e. The molecule has 1 N–H and O–H groups in total. The molecule has 32 valence electrons. The summed E-state index contributed by atoms with van der Waals surface area (Å²) in [6.07, 6.45) is 3.44. The van der Waals surface area contributed by atoms with Gasteiger partial charge in [0.05, 0.1) is 0 Å². The predicted octanol–water partition coefficient (Wildman–Crippen LogP) is 0.880. The minimum Gasteiger partial charge on any atom is -0.255 e. The third kappa shape index (κ3) is 0.542. The summed E-state index contributed by atoms with van der Waals surface area (Å²) >= 11 is 0. The van der Waals surface area contributed by atoms with Crippen molar-refractivity contribution < 1.29 is 0 Å². The molecule has 0 radical (unpaired) electrons. The summed E-state index contributed by atoms with van der Waals surface area (Å²) in [6.45, 7) is 0. The van der Waals surface area contributed by atoms with Crippen molar-refractivity contribution >= 4 is 17.1 Å². The van der Waals surface area contributed by atoms with E-state index in [9.17, 15) is 0 Å². The van der Waals surface area contributed by atoms with Crippen LogP contribution in [0.4, 0.5) is 0 Å². The third-order valence-corrected chi connectivity index (χ3v) is 1.23. The molecule has 0 aromatic rings. The maximum absolute atomic E-state index is 6.88. The molecule has 0 aromatic carbocycles. The topological polar surface area (TPSA) is 36.2 Å². The largest absolute Gasteiger partial charge is 0.255 e. The van der Waals surface area contributed by atoms with E-state index in [1.807, 2.05) is 0 Å². The van der Waals surface area contributed by atoms with Crippen LogP contribution in [0, 0.1) is 4.78 Å². The van der Waals surface area contributed by atoms with E-state index in [2.05, 4.69) is 4.40 Å². The van der Waals surface area contributed by atoms with Crippen molar-refractivity contribution in [1.82, 2.24) is 0 Å². The highest BCUT2D eigenvalue weighted by atomic mass is 32.2. The number of hydrogen-bond acceptors (Lipinski definition) is 1. The first-order valence-electron chi connectivity index (χ1n) is 1.55. The molecule has 1 heterocycles. The van der Waals surface area contributed by atoms with Crippen LogP contribution < -0.4 is 0 Å². The average molecular weight is 100 g/mol. The van der Waals surface area contributed by atoms with Crippen molar-refractivity contribution in [1.29, 1.82) is 4.78 Å². The monoisotopic (exact) mass is 100 g/mol. The fourth-order valence-electron chi connectivity index (χ4n) is 0.245. The van der Waals surface area contributed by atoms with Gasteiger partial charge in [0, 0.05) is 22.5 Å². The van der Waals surface area contributed by atoms with E-state index in [-0.39, 0.29) is 0 Å². The van der Waals surface area contributed by atoms with Crippen LogP contribution in [-0.2, 0) is 10.9 Å². The Morgan fingerprint density at radius 1 is 1.67 bits per heavy atom. The van der Waals surface area contributed by atoms with Crippen LogP contribution in [0.15, 0.2) is 15.9 Å². The van der Waals surface area contributed by atoms with Gasteiger partial charge in [0.2, 0.25) is 0 Å². The molecule has 2 nitrogen and oxygen atoms in total. The lowest BCUT2D eigenvalue weighted by Crippen LogP contribution is -1.59. The molecule has 1 atom stereocenters. The van der Waals surface area contributed by atoms with Crippen molar-refractivity contribution in [2.24, 2.45) is 4.40 Å². The molecular formula is C3H4N2S. The Hall–Kier alpha value is -0.440. The lowest BCUT2D eigenvalue weighted by Gasteiger charge is -1.71. The lowest BCUT2D eigenvalue weighted by atomic mass is 10.7. The Morgan fingerprint density at radius 3 is 2.67 bits per heavy atom. The Kier molecular flexibility index (Phi) is 0.837. The summed E-state index contributed by atoms with van der Waals surface area (Å²) in [4.78, 5) is 0. The van der Waals surface area contributed by atoms with Crippen molar-refractivity contribution in [2.45, 2.75) is 0 Å². The molecule has 0 fully saturated rings. The Morgan fingerprint density at radius 2 is 2.50 bits per heavy atom. The smallest absolute Gasteiger partial charge is 0.0371 e. The summed E-state index contributed by atoms with van der Waals surface area (Å²) in [6, 6.07) is 0. The fraction of sp³-hybridized carbons (Fsp3) is 0. The van der Waals surface area contributed by atoms with Gasteiger partial charge < -0.3 is 0 Å². The fourth-order valence-corrected chi connectivity index (χ4v) is 0.736. The molecule has 1 rings (SSSR count). The Labute approximate surface area is 38.6 Å². The van der Waals surface area contributed by atoms with Gasteiger partial charge in [0.15, 0.2) is 0 Å². The number of nitrogens with one attached hydrogen (secondary N) is 1. The predicted molar refractivity (Wildman–Crippen MR) is 27.7 cm³/mol. The zero-order valence-electron chi connectivity index (χ0n) is 3.09. The first kappa shape index (κ1) is 3.74. The van der Waals surface area contributed by atoms with Crippen LogP contribution in [-0.4, -0.2) is 6.21 Å². The van der Waals surface area contributed by atoms with Gasteiger partial charge >= 0.3 is 0 Å². The van der Waals surface area contributed by atoms with Crippen molar-refractivity contribution in [3.63, 3.8) is 0 Å². The van der Waals surface area contributed by atoms with Gasteiger partial charge in [-0.1, -0.05) is 0 Å². The highest BCUT2D eigenvalue weighted by molar-refractivity contribution is 7.88. The Bertz CT molecular complexity index is 111. The highest BCUT2D eigenvalue weighted by Gasteiger charge is 1.82. The van der Waals surface area contributed by atoms with Crippen LogP contribution in [0.5, 0.6) is 0 Å². The van der Waals surface area contributed by atoms with Crippen LogP contribution in [0.3, 0.4) is 0 Å². The van der Waals surface area contributed by atoms with E-state index in [0.29, 0.717) is 0 Å². The molecule has 0 saturated carbocycles. The van der Waals surface area contributed by atoms with E-state index in [4.69, 9.17) is 4.78 Å². The standard InChI is InChI=1S/C3H4N2S/c4-6-3-1-2-5-6/h1-4H. The quantitative estimate of drug-likeness (QED) is 0.469. The average Bonchev–Trinajstić information content (AvgIpc) is 1.86. The van der Waals surface area contributed by atoms with Gasteiger partial charge in [-0.15, -0.1) is 0 Å². The molecule has 0 bridgehead atoms. The minimum atomic E-state index is -0.534. The normalized spacial score (nSPS) is 29.0. The summed E-state index contributed by atoms with van der Waals surface area (Å²) in [7, 11) is -0.534. The summed E-state index contributed by atoms with van der Waals surface area (Å²) < 4.78 is 10.6. The third-order valence-electron chi connectivity index (χ3n) is 0.468.